The van der Waals surface area contributed by atoms with Gasteiger partial charge in [-0.2, -0.15) is 0 Å². The molecule has 1 aliphatic heterocycles. The summed E-state index contributed by atoms with van der Waals surface area (Å²) in [6.45, 7) is 2.84. The number of nitrogens with zero attached hydrogens (tertiary/aromatic N) is 1. The fourth-order valence-corrected chi connectivity index (χ4v) is 2.86. The third kappa shape index (κ3) is 2.46. The SMILES string of the molecule is Cc1cc(CC2CCCNC2=O)c2ccccc2n1. The van der Waals surface area contributed by atoms with Gasteiger partial charge in [-0.05, 0) is 43.9 Å². The van der Waals surface area contributed by atoms with Gasteiger partial charge in [-0.15, -0.1) is 0 Å². The van der Waals surface area contributed by atoms with Crippen LogP contribution in [0.3, 0.4) is 0 Å². The minimum atomic E-state index is 0.110. The van der Waals surface area contributed by atoms with Gasteiger partial charge in [0, 0.05) is 23.5 Å². The number of fused-ring (bicyclic) bond motifs is 1. The maximum Gasteiger partial charge on any atom is 0.223 e. The van der Waals surface area contributed by atoms with Crippen LogP contribution in [0.5, 0.6) is 0 Å². The average Bonchev–Trinajstić information content (AvgIpc) is 2.41. The van der Waals surface area contributed by atoms with Crippen LogP contribution in [0.2, 0.25) is 0 Å². The molecule has 2 heterocycles. The quantitative estimate of drug-likeness (QED) is 0.895. The van der Waals surface area contributed by atoms with Crippen LogP contribution in [-0.4, -0.2) is 17.4 Å². The van der Waals surface area contributed by atoms with Crippen LogP contribution in [-0.2, 0) is 11.2 Å². The van der Waals surface area contributed by atoms with Gasteiger partial charge in [-0.1, -0.05) is 18.2 Å². The number of hydrogen-bond acceptors (Lipinski definition) is 2. The van der Waals surface area contributed by atoms with Crippen molar-refractivity contribution in [2.75, 3.05) is 6.54 Å². The number of para-hydroxylation sites is 1. The summed E-state index contributed by atoms with van der Waals surface area (Å²) in [4.78, 5) is 16.4. The summed E-state index contributed by atoms with van der Waals surface area (Å²) in [7, 11) is 0. The minimum absolute atomic E-state index is 0.110. The summed E-state index contributed by atoms with van der Waals surface area (Å²) in [5.74, 6) is 0.309. The molecular formula is C16H18N2O. The second-order valence-electron chi connectivity index (χ2n) is 5.27. The fraction of sp³-hybridized carbons (Fsp3) is 0.375. The number of amides is 1. The zero-order chi connectivity index (χ0) is 13.2. The lowest BCUT2D eigenvalue weighted by Crippen LogP contribution is -2.37. The predicted octanol–water partition coefficient (Wildman–Crippen LogP) is 2.61. The van der Waals surface area contributed by atoms with Crippen molar-refractivity contribution in [1.29, 1.82) is 0 Å². The number of piperidine rings is 1. The van der Waals surface area contributed by atoms with Crippen LogP contribution in [0.4, 0.5) is 0 Å². The summed E-state index contributed by atoms with van der Waals surface area (Å²) in [5.41, 5.74) is 3.28. The van der Waals surface area contributed by atoms with Crippen molar-refractivity contribution in [3.8, 4) is 0 Å². The number of benzene rings is 1. The van der Waals surface area contributed by atoms with Gasteiger partial charge in [-0.25, -0.2) is 0 Å². The molecule has 1 unspecified atom stereocenters. The van der Waals surface area contributed by atoms with E-state index in [0.29, 0.717) is 0 Å². The highest BCUT2D eigenvalue weighted by atomic mass is 16.1. The average molecular weight is 254 g/mol. The van der Waals surface area contributed by atoms with E-state index in [-0.39, 0.29) is 11.8 Å². The summed E-state index contributed by atoms with van der Waals surface area (Å²) < 4.78 is 0. The molecule has 1 amide bonds. The Kier molecular flexibility index (Phi) is 3.20. The van der Waals surface area contributed by atoms with E-state index in [9.17, 15) is 4.79 Å². The lowest BCUT2D eigenvalue weighted by Gasteiger charge is -2.22. The van der Waals surface area contributed by atoms with Crippen molar-refractivity contribution in [2.45, 2.75) is 26.2 Å². The summed E-state index contributed by atoms with van der Waals surface area (Å²) >= 11 is 0. The highest BCUT2D eigenvalue weighted by Crippen LogP contribution is 2.24. The van der Waals surface area contributed by atoms with Crippen molar-refractivity contribution in [3.05, 3.63) is 41.6 Å². The molecule has 1 aromatic heterocycles. The van der Waals surface area contributed by atoms with E-state index in [4.69, 9.17) is 0 Å². The van der Waals surface area contributed by atoms with E-state index in [1.165, 1.54) is 10.9 Å². The second-order valence-corrected chi connectivity index (χ2v) is 5.27. The zero-order valence-electron chi connectivity index (χ0n) is 11.1. The Hall–Kier alpha value is -1.90. The smallest absolute Gasteiger partial charge is 0.223 e. The van der Waals surface area contributed by atoms with Crippen molar-refractivity contribution in [1.82, 2.24) is 10.3 Å². The first-order valence-electron chi connectivity index (χ1n) is 6.87. The van der Waals surface area contributed by atoms with Crippen molar-refractivity contribution in [3.63, 3.8) is 0 Å². The standard InChI is InChI=1S/C16H18N2O/c1-11-9-13(10-12-5-4-8-17-16(12)19)14-6-2-3-7-15(14)18-11/h2-3,6-7,9,12H,4-5,8,10H2,1H3,(H,17,19). The van der Waals surface area contributed by atoms with Gasteiger partial charge in [0.05, 0.1) is 5.52 Å². The molecule has 1 N–H and O–H groups in total. The maximum atomic E-state index is 11.9. The molecule has 0 radical (unpaired) electrons. The number of carbonyl (C=O) groups is 1. The molecule has 3 heteroatoms. The van der Waals surface area contributed by atoms with Crippen molar-refractivity contribution >= 4 is 16.8 Å². The minimum Gasteiger partial charge on any atom is -0.356 e. The summed E-state index contributed by atoms with van der Waals surface area (Å²) in [6.07, 6.45) is 2.88. The van der Waals surface area contributed by atoms with Gasteiger partial charge < -0.3 is 5.32 Å². The Bertz CT molecular complexity index is 621. The van der Waals surface area contributed by atoms with Crippen LogP contribution in [0, 0.1) is 12.8 Å². The highest BCUT2D eigenvalue weighted by Gasteiger charge is 2.22. The molecule has 98 valence electrons. The molecule has 2 aromatic rings. The molecule has 3 nitrogen and oxygen atoms in total. The number of aromatic nitrogens is 1. The fourth-order valence-electron chi connectivity index (χ4n) is 2.86. The number of aryl methyl sites for hydroxylation is 1. The zero-order valence-corrected chi connectivity index (χ0v) is 11.1. The van der Waals surface area contributed by atoms with E-state index in [0.717, 1.165) is 37.0 Å². The van der Waals surface area contributed by atoms with Gasteiger partial charge in [-0.3, -0.25) is 9.78 Å². The third-order valence-corrected chi connectivity index (χ3v) is 3.80. The largest absolute Gasteiger partial charge is 0.356 e. The first-order chi connectivity index (χ1) is 9.24. The van der Waals surface area contributed by atoms with E-state index in [2.05, 4.69) is 22.4 Å². The number of rotatable bonds is 2. The molecule has 1 saturated heterocycles. The van der Waals surface area contributed by atoms with E-state index in [1.54, 1.807) is 0 Å². The maximum absolute atomic E-state index is 11.9. The normalized spacial score (nSPS) is 19.4. The van der Waals surface area contributed by atoms with Crippen LogP contribution in [0.15, 0.2) is 30.3 Å². The molecule has 3 rings (SSSR count). The number of nitrogens with one attached hydrogen (secondary N) is 1. The van der Waals surface area contributed by atoms with Gasteiger partial charge in [0.25, 0.3) is 0 Å². The number of carbonyl (C=O) groups excluding carboxylic acids is 1. The Morgan fingerprint density at radius 2 is 2.21 bits per heavy atom. The molecule has 1 aliphatic rings. The van der Waals surface area contributed by atoms with Crippen LogP contribution in [0.1, 0.15) is 24.1 Å². The van der Waals surface area contributed by atoms with Crippen LogP contribution in [0.25, 0.3) is 10.9 Å². The Morgan fingerprint density at radius 1 is 1.37 bits per heavy atom. The molecule has 19 heavy (non-hydrogen) atoms. The summed E-state index contributed by atoms with van der Waals surface area (Å²) in [5, 5.41) is 4.13. The van der Waals surface area contributed by atoms with Crippen LogP contribution >= 0.6 is 0 Å². The number of pyridine rings is 1. The molecule has 1 fully saturated rings. The van der Waals surface area contributed by atoms with Gasteiger partial charge in [0.1, 0.15) is 0 Å². The van der Waals surface area contributed by atoms with Gasteiger partial charge in [0.2, 0.25) is 5.91 Å². The molecule has 0 saturated carbocycles. The van der Waals surface area contributed by atoms with Gasteiger partial charge in [0.15, 0.2) is 0 Å². The summed E-state index contributed by atoms with van der Waals surface area (Å²) in [6, 6.07) is 10.3. The highest BCUT2D eigenvalue weighted by molar-refractivity contribution is 5.84. The molecule has 1 aromatic carbocycles. The Morgan fingerprint density at radius 3 is 3.05 bits per heavy atom. The van der Waals surface area contributed by atoms with Crippen LogP contribution < -0.4 is 5.32 Å². The van der Waals surface area contributed by atoms with E-state index >= 15 is 0 Å². The van der Waals surface area contributed by atoms with Gasteiger partial charge >= 0.3 is 0 Å². The van der Waals surface area contributed by atoms with Crippen molar-refractivity contribution in [2.24, 2.45) is 5.92 Å². The van der Waals surface area contributed by atoms with E-state index in [1.807, 2.05) is 25.1 Å². The second kappa shape index (κ2) is 5.00. The molecule has 0 spiro atoms. The lowest BCUT2D eigenvalue weighted by atomic mass is 9.90. The molecule has 0 bridgehead atoms. The molecule has 0 aliphatic carbocycles. The first kappa shape index (κ1) is 12.2. The van der Waals surface area contributed by atoms with E-state index < -0.39 is 0 Å². The molecule has 1 atom stereocenters. The first-order valence-corrected chi connectivity index (χ1v) is 6.87. The molecular weight excluding hydrogens is 236 g/mol. The predicted molar refractivity (Wildman–Crippen MR) is 75.9 cm³/mol. The Balaban J connectivity index is 1.97. The third-order valence-electron chi connectivity index (χ3n) is 3.80. The van der Waals surface area contributed by atoms with Crippen molar-refractivity contribution < 1.29 is 4.79 Å². The monoisotopic (exact) mass is 254 g/mol. The topological polar surface area (TPSA) is 42.0 Å². The number of hydrogen-bond donors (Lipinski definition) is 1. The Labute approximate surface area is 113 Å². The lowest BCUT2D eigenvalue weighted by molar-refractivity contribution is -0.126.